The van der Waals surface area contributed by atoms with Crippen molar-refractivity contribution in [1.29, 1.82) is 0 Å². The molecule has 0 radical (unpaired) electrons. The van der Waals surface area contributed by atoms with Gasteiger partial charge in [0.2, 0.25) is 0 Å². The standard InChI is InChI=1S/C15H19FO3/c1-18-12-7-8-14(16)13(9-12)10-3-5-11(6-4-10)15(17)19-2/h7-11H,3-6H2,1-2H3/t10-,11-. The Balaban J connectivity index is 2.07. The number of esters is 1. The highest BCUT2D eigenvalue weighted by molar-refractivity contribution is 5.72. The van der Waals surface area contributed by atoms with Crippen LogP contribution in [-0.4, -0.2) is 20.2 Å². The van der Waals surface area contributed by atoms with Crippen LogP contribution in [0.15, 0.2) is 18.2 Å². The first-order valence-electron chi connectivity index (χ1n) is 6.57. The number of halogens is 1. The lowest BCUT2D eigenvalue weighted by molar-refractivity contribution is -0.146. The maximum Gasteiger partial charge on any atom is 0.308 e. The summed E-state index contributed by atoms with van der Waals surface area (Å²) in [5, 5.41) is 0. The molecule has 0 aromatic heterocycles. The normalized spacial score (nSPS) is 22.9. The highest BCUT2D eigenvalue weighted by Gasteiger charge is 2.29. The molecular formula is C15H19FO3. The van der Waals surface area contributed by atoms with Gasteiger partial charge in [0.1, 0.15) is 11.6 Å². The molecule has 4 heteroatoms. The Hall–Kier alpha value is -1.58. The summed E-state index contributed by atoms with van der Waals surface area (Å²) >= 11 is 0. The molecule has 1 aromatic carbocycles. The summed E-state index contributed by atoms with van der Waals surface area (Å²) in [6.07, 6.45) is 3.13. The molecule has 104 valence electrons. The highest BCUT2D eigenvalue weighted by Crippen LogP contribution is 2.38. The predicted octanol–water partition coefficient (Wildman–Crippen LogP) is 3.28. The van der Waals surface area contributed by atoms with Gasteiger partial charge in [-0.05, 0) is 55.4 Å². The van der Waals surface area contributed by atoms with Crippen LogP contribution in [0.1, 0.15) is 37.2 Å². The molecule has 0 N–H and O–H groups in total. The van der Waals surface area contributed by atoms with Crippen molar-refractivity contribution in [3.8, 4) is 5.75 Å². The Morgan fingerprint density at radius 3 is 2.47 bits per heavy atom. The van der Waals surface area contributed by atoms with E-state index >= 15 is 0 Å². The van der Waals surface area contributed by atoms with E-state index in [-0.39, 0.29) is 23.6 Å². The summed E-state index contributed by atoms with van der Waals surface area (Å²) in [5.74, 6) is 0.462. The van der Waals surface area contributed by atoms with Gasteiger partial charge in [0.25, 0.3) is 0 Å². The molecule has 3 nitrogen and oxygen atoms in total. The lowest BCUT2D eigenvalue weighted by Gasteiger charge is -2.27. The Bertz CT molecular complexity index is 451. The van der Waals surface area contributed by atoms with Gasteiger partial charge in [0, 0.05) is 0 Å². The lowest BCUT2D eigenvalue weighted by atomic mass is 9.78. The first kappa shape index (κ1) is 13.8. The zero-order valence-corrected chi connectivity index (χ0v) is 11.3. The van der Waals surface area contributed by atoms with Crippen molar-refractivity contribution >= 4 is 5.97 Å². The molecule has 0 unspecified atom stereocenters. The van der Waals surface area contributed by atoms with Gasteiger partial charge < -0.3 is 9.47 Å². The average Bonchev–Trinajstić information content (AvgIpc) is 2.47. The number of hydrogen-bond acceptors (Lipinski definition) is 3. The Labute approximate surface area is 112 Å². The molecule has 0 heterocycles. The van der Waals surface area contributed by atoms with Gasteiger partial charge in [-0.2, -0.15) is 0 Å². The molecule has 0 spiro atoms. The van der Waals surface area contributed by atoms with E-state index in [1.807, 2.05) is 0 Å². The van der Waals surface area contributed by atoms with Crippen molar-refractivity contribution in [2.75, 3.05) is 14.2 Å². The number of hydrogen-bond donors (Lipinski definition) is 0. The molecule has 1 aliphatic carbocycles. The Kier molecular flexibility index (Phi) is 4.40. The predicted molar refractivity (Wildman–Crippen MR) is 69.7 cm³/mol. The Morgan fingerprint density at radius 2 is 1.89 bits per heavy atom. The van der Waals surface area contributed by atoms with Crippen molar-refractivity contribution in [2.24, 2.45) is 5.92 Å². The largest absolute Gasteiger partial charge is 0.497 e. The molecule has 0 amide bonds. The number of ether oxygens (including phenoxy) is 2. The molecule has 0 bridgehead atoms. The van der Waals surface area contributed by atoms with Crippen LogP contribution in [0.25, 0.3) is 0 Å². The zero-order valence-electron chi connectivity index (χ0n) is 11.3. The molecular weight excluding hydrogens is 247 g/mol. The highest BCUT2D eigenvalue weighted by atomic mass is 19.1. The molecule has 0 atom stereocenters. The maximum atomic E-state index is 13.9. The van der Waals surface area contributed by atoms with Crippen LogP contribution >= 0.6 is 0 Å². The van der Waals surface area contributed by atoms with Crippen molar-refractivity contribution in [3.63, 3.8) is 0 Å². The maximum absolute atomic E-state index is 13.9. The van der Waals surface area contributed by atoms with E-state index in [4.69, 9.17) is 9.47 Å². The minimum absolute atomic E-state index is 0.0325. The minimum Gasteiger partial charge on any atom is -0.497 e. The Morgan fingerprint density at radius 1 is 1.21 bits per heavy atom. The summed E-state index contributed by atoms with van der Waals surface area (Å²) < 4.78 is 23.8. The molecule has 0 aliphatic heterocycles. The van der Waals surface area contributed by atoms with E-state index in [0.29, 0.717) is 11.3 Å². The number of rotatable bonds is 3. The van der Waals surface area contributed by atoms with Crippen LogP contribution in [0.5, 0.6) is 5.75 Å². The van der Waals surface area contributed by atoms with Crippen LogP contribution < -0.4 is 4.74 Å². The molecule has 19 heavy (non-hydrogen) atoms. The second-order valence-corrected chi connectivity index (χ2v) is 4.96. The third-order valence-electron chi connectivity index (χ3n) is 3.90. The first-order valence-corrected chi connectivity index (χ1v) is 6.57. The summed E-state index contributed by atoms with van der Waals surface area (Å²) in [7, 11) is 2.99. The lowest BCUT2D eigenvalue weighted by Crippen LogP contribution is -2.22. The third-order valence-corrected chi connectivity index (χ3v) is 3.90. The van der Waals surface area contributed by atoms with Gasteiger partial charge in [-0.15, -0.1) is 0 Å². The van der Waals surface area contributed by atoms with E-state index in [0.717, 1.165) is 25.7 Å². The van der Waals surface area contributed by atoms with E-state index in [2.05, 4.69) is 0 Å². The molecule has 1 aliphatic rings. The van der Waals surface area contributed by atoms with Crippen molar-refractivity contribution in [3.05, 3.63) is 29.6 Å². The number of benzene rings is 1. The molecule has 0 saturated heterocycles. The minimum atomic E-state index is -0.192. The second kappa shape index (κ2) is 6.04. The van der Waals surface area contributed by atoms with Crippen LogP contribution in [0.3, 0.4) is 0 Å². The first-order chi connectivity index (χ1) is 9.15. The summed E-state index contributed by atoms with van der Waals surface area (Å²) in [6.45, 7) is 0. The van der Waals surface area contributed by atoms with Gasteiger partial charge in [0.05, 0.1) is 20.1 Å². The van der Waals surface area contributed by atoms with Crippen LogP contribution in [-0.2, 0) is 9.53 Å². The SMILES string of the molecule is COc1ccc(F)c([C@H]2CC[C@H](C(=O)OC)CC2)c1. The van der Waals surface area contributed by atoms with Crippen LogP contribution in [0.2, 0.25) is 0 Å². The van der Waals surface area contributed by atoms with E-state index in [9.17, 15) is 9.18 Å². The molecule has 2 rings (SSSR count). The number of methoxy groups -OCH3 is 2. The molecule has 1 saturated carbocycles. The number of carbonyl (C=O) groups is 1. The van der Waals surface area contributed by atoms with Gasteiger partial charge >= 0.3 is 5.97 Å². The second-order valence-electron chi connectivity index (χ2n) is 4.96. The van der Waals surface area contributed by atoms with E-state index in [1.54, 1.807) is 19.2 Å². The summed E-state index contributed by atoms with van der Waals surface area (Å²) in [4.78, 5) is 11.5. The van der Waals surface area contributed by atoms with Gasteiger partial charge in [-0.25, -0.2) is 4.39 Å². The van der Waals surface area contributed by atoms with E-state index < -0.39 is 0 Å². The molecule has 1 fully saturated rings. The fraction of sp³-hybridized carbons (Fsp3) is 0.533. The third kappa shape index (κ3) is 3.06. The number of carbonyl (C=O) groups excluding carboxylic acids is 1. The monoisotopic (exact) mass is 266 g/mol. The van der Waals surface area contributed by atoms with Crippen LogP contribution in [0, 0.1) is 11.7 Å². The summed E-state index contributed by atoms with van der Waals surface area (Å²) in [6, 6.07) is 4.83. The van der Waals surface area contributed by atoms with Gasteiger partial charge in [-0.1, -0.05) is 0 Å². The average molecular weight is 266 g/mol. The van der Waals surface area contributed by atoms with E-state index in [1.165, 1.54) is 13.2 Å². The van der Waals surface area contributed by atoms with Gasteiger partial charge in [0.15, 0.2) is 0 Å². The molecule has 1 aromatic rings. The topological polar surface area (TPSA) is 35.5 Å². The quantitative estimate of drug-likeness (QED) is 0.788. The van der Waals surface area contributed by atoms with Crippen molar-refractivity contribution < 1.29 is 18.7 Å². The smallest absolute Gasteiger partial charge is 0.308 e. The van der Waals surface area contributed by atoms with Crippen LogP contribution in [0.4, 0.5) is 4.39 Å². The zero-order chi connectivity index (χ0) is 13.8. The van der Waals surface area contributed by atoms with Crippen molar-refractivity contribution in [1.82, 2.24) is 0 Å². The van der Waals surface area contributed by atoms with Crippen molar-refractivity contribution in [2.45, 2.75) is 31.6 Å². The fourth-order valence-corrected chi connectivity index (χ4v) is 2.77. The van der Waals surface area contributed by atoms with Gasteiger partial charge in [-0.3, -0.25) is 4.79 Å². The fourth-order valence-electron chi connectivity index (χ4n) is 2.77. The summed E-state index contributed by atoms with van der Waals surface area (Å²) in [5.41, 5.74) is 0.697.